The van der Waals surface area contributed by atoms with Gasteiger partial charge in [0.15, 0.2) is 5.78 Å². The molecule has 30 heavy (non-hydrogen) atoms. The van der Waals surface area contributed by atoms with Gasteiger partial charge in [0.25, 0.3) is 0 Å². The largest absolute Gasteiger partial charge is 0.507 e. The summed E-state index contributed by atoms with van der Waals surface area (Å²) >= 11 is 3.38. The summed E-state index contributed by atoms with van der Waals surface area (Å²) in [5.41, 5.74) is 0.401. The normalized spacial score (nSPS) is 12.0. The van der Waals surface area contributed by atoms with Crippen molar-refractivity contribution < 1.29 is 19.4 Å². The maximum absolute atomic E-state index is 13.0. The minimum Gasteiger partial charge on any atom is -0.507 e. The molecule has 4 rings (SSSR count). The predicted molar refractivity (Wildman–Crippen MR) is 117 cm³/mol. The van der Waals surface area contributed by atoms with Gasteiger partial charge in [0.2, 0.25) is 0 Å². The third-order valence-electron chi connectivity index (χ3n) is 5.03. The first-order chi connectivity index (χ1) is 14.5. The summed E-state index contributed by atoms with van der Waals surface area (Å²) in [5.74, 6) is -1.45. The molecule has 1 atom stereocenters. The first-order valence-corrected chi connectivity index (χ1v) is 10.1. The van der Waals surface area contributed by atoms with Gasteiger partial charge in [0.05, 0.1) is 16.5 Å². The van der Waals surface area contributed by atoms with Gasteiger partial charge in [0, 0.05) is 16.8 Å². The van der Waals surface area contributed by atoms with Crippen molar-refractivity contribution in [3.8, 4) is 11.5 Å². The molecule has 1 heterocycles. The summed E-state index contributed by atoms with van der Waals surface area (Å²) in [7, 11) is 0. The van der Waals surface area contributed by atoms with E-state index in [2.05, 4.69) is 15.9 Å². The molecule has 6 heteroatoms. The lowest BCUT2D eigenvalue weighted by molar-refractivity contribution is 0.0974. The molecular weight excluding hydrogens is 448 g/mol. The van der Waals surface area contributed by atoms with E-state index in [1.54, 1.807) is 60.7 Å². The Labute approximate surface area is 180 Å². The zero-order valence-corrected chi connectivity index (χ0v) is 17.3. The van der Waals surface area contributed by atoms with Crippen molar-refractivity contribution in [1.29, 1.82) is 0 Å². The van der Waals surface area contributed by atoms with Gasteiger partial charge in [-0.05, 0) is 42.0 Å². The average Bonchev–Trinajstić information content (AvgIpc) is 2.74. The Morgan fingerprint density at radius 1 is 0.933 bits per heavy atom. The van der Waals surface area contributed by atoms with E-state index >= 15 is 0 Å². The number of aromatic hydroxyl groups is 2. The summed E-state index contributed by atoms with van der Waals surface area (Å²) in [6, 6.07) is 20.1. The number of Topliss-reactive ketones (excluding diaryl/α,β-unsaturated/α-hetero) is 1. The lowest BCUT2D eigenvalue weighted by Crippen LogP contribution is -2.17. The number of phenolic OH excluding ortho intramolecular Hbond substituents is 1. The lowest BCUT2D eigenvalue weighted by atomic mass is 9.85. The number of phenols is 1. The smallest absolute Gasteiger partial charge is 0.343 e. The number of rotatable bonds is 5. The molecule has 0 fully saturated rings. The standard InChI is InChI=1S/C24H17BrO5/c25-15-11-9-14(10-12-15)18(13-20(27)16-5-1-3-7-19(16)26)22-23(28)17-6-2-4-8-21(17)30-24(22)29/h1-12,18,26,28H,13H2. The average molecular weight is 465 g/mol. The number of benzene rings is 3. The minimum absolute atomic E-state index is 0.0137. The number of ketones is 1. The van der Waals surface area contributed by atoms with Crippen LogP contribution < -0.4 is 5.63 Å². The van der Waals surface area contributed by atoms with E-state index in [4.69, 9.17) is 4.42 Å². The summed E-state index contributed by atoms with van der Waals surface area (Å²) in [6.07, 6.45) is -0.129. The lowest BCUT2D eigenvalue weighted by Gasteiger charge is -2.18. The quantitative estimate of drug-likeness (QED) is 0.306. The summed E-state index contributed by atoms with van der Waals surface area (Å²) in [4.78, 5) is 25.8. The number of carbonyl (C=O) groups is 1. The Kier molecular flexibility index (Phi) is 5.42. The second-order valence-electron chi connectivity index (χ2n) is 6.90. The number of para-hydroxylation sites is 2. The number of hydrogen-bond acceptors (Lipinski definition) is 5. The van der Waals surface area contributed by atoms with Crippen LogP contribution in [0.15, 0.2) is 86.5 Å². The Hall–Kier alpha value is -3.38. The highest BCUT2D eigenvalue weighted by atomic mass is 79.9. The van der Waals surface area contributed by atoms with Crippen molar-refractivity contribution in [1.82, 2.24) is 0 Å². The fourth-order valence-electron chi connectivity index (χ4n) is 3.54. The highest BCUT2D eigenvalue weighted by molar-refractivity contribution is 9.10. The van der Waals surface area contributed by atoms with E-state index in [1.807, 2.05) is 0 Å². The molecule has 3 aromatic carbocycles. The molecule has 0 saturated heterocycles. The second kappa shape index (κ2) is 8.16. The maximum atomic E-state index is 13.0. The van der Waals surface area contributed by atoms with E-state index < -0.39 is 11.5 Å². The molecule has 5 nitrogen and oxygen atoms in total. The Bertz CT molecular complexity index is 1290. The highest BCUT2D eigenvalue weighted by Gasteiger charge is 2.28. The topological polar surface area (TPSA) is 87.7 Å². The first-order valence-electron chi connectivity index (χ1n) is 9.27. The Morgan fingerprint density at radius 2 is 1.60 bits per heavy atom. The van der Waals surface area contributed by atoms with Crippen LogP contribution in [-0.4, -0.2) is 16.0 Å². The third kappa shape index (κ3) is 3.74. The van der Waals surface area contributed by atoms with Gasteiger partial charge in [-0.2, -0.15) is 0 Å². The van der Waals surface area contributed by atoms with E-state index in [0.29, 0.717) is 10.9 Å². The van der Waals surface area contributed by atoms with E-state index in [0.717, 1.165) is 4.47 Å². The van der Waals surface area contributed by atoms with Crippen molar-refractivity contribution in [3.63, 3.8) is 0 Å². The SMILES string of the molecule is O=C(CC(c1ccc(Br)cc1)c1c(O)c2ccccc2oc1=O)c1ccccc1O. The van der Waals surface area contributed by atoms with Gasteiger partial charge in [-0.3, -0.25) is 4.79 Å². The van der Waals surface area contributed by atoms with Gasteiger partial charge in [-0.1, -0.05) is 52.3 Å². The van der Waals surface area contributed by atoms with Gasteiger partial charge in [-0.25, -0.2) is 4.79 Å². The fraction of sp³-hybridized carbons (Fsp3) is 0.0833. The zero-order valence-electron chi connectivity index (χ0n) is 15.7. The second-order valence-corrected chi connectivity index (χ2v) is 7.81. The van der Waals surface area contributed by atoms with Crippen LogP contribution in [-0.2, 0) is 0 Å². The van der Waals surface area contributed by atoms with Crippen LogP contribution in [0.3, 0.4) is 0 Å². The van der Waals surface area contributed by atoms with Gasteiger partial charge >= 0.3 is 5.63 Å². The fourth-order valence-corrected chi connectivity index (χ4v) is 3.81. The molecule has 0 radical (unpaired) electrons. The van der Waals surface area contributed by atoms with Crippen LogP contribution in [0.1, 0.15) is 33.8 Å². The molecule has 0 saturated carbocycles. The summed E-state index contributed by atoms with van der Waals surface area (Å²) in [6.45, 7) is 0. The number of halogens is 1. The van der Waals surface area contributed by atoms with Crippen LogP contribution in [0.25, 0.3) is 11.0 Å². The molecule has 1 unspecified atom stereocenters. The molecule has 0 aliphatic carbocycles. The first kappa shape index (κ1) is 19.9. The molecule has 0 spiro atoms. The molecule has 4 aromatic rings. The summed E-state index contributed by atoms with van der Waals surface area (Å²) < 4.78 is 6.26. The van der Waals surface area contributed by atoms with Crippen molar-refractivity contribution in [2.24, 2.45) is 0 Å². The van der Waals surface area contributed by atoms with Crippen LogP contribution in [0, 0.1) is 0 Å². The number of hydrogen-bond donors (Lipinski definition) is 2. The van der Waals surface area contributed by atoms with Crippen LogP contribution in [0.4, 0.5) is 0 Å². The van der Waals surface area contributed by atoms with Gasteiger partial charge in [-0.15, -0.1) is 0 Å². The Balaban J connectivity index is 1.87. The maximum Gasteiger partial charge on any atom is 0.343 e. The van der Waals surface area contributed by atoms with E-state index in [1.165, 1.54) is 12.1 Å². The molecule has 0 amide bonds. The molecule has 150 valence electrons. The molecule has 0 bridgehead atoms. The van der Waals surface area contributed by atoms with Crippen molar-refractivity contribution in [3.05, 3.63) is 104 Å². The monoisotopic (exact) mass is 464 g/mol. The van der Waals surface area contributed by atoms with Gasteiger partial charge < -0.3 is 14.6 Å². The Morgan fingerprint density at radius 3 is 2.33 bits per heavy atom. The summed E-state index contributed by atoms with van der Waals surface area (Å²) in [5, 5.41) is 21.4. The third-order valence-corrected chi connectivity index (χ3v) is 5.56. The molecule has 2 N–H and O–H groups in total. The van der Waals surface area contributed by atoms with Crippen LogP contribution in [0.5, 0.6) is 11.5 Å². The van der Waals surface area contributed by atoms with Crippen molar-refractivity contribution in [2.45, 2.75) is 12.3 Å². The predicted octanol–water partition coefficient (Wildman–Crippen LogP) is 5.37. The molecule has 1 aromatic heterocycles. The van der Waals surface area contributed by atoms with E-state index in [9.17, 15) is 19.8 Å². The number of carbonyl (C=O) groups excluding carboxylic acids is 1. The number of fused-ring (bicyclic) bond motifs is 1. The van der Waals surface area contributed by atoms with Crippen molar-refractivity contribution in [2.75, 3.05) is 0 Å². The van der Waals surface area contributed by atoms with E-state index in [-0.39, 0.29) is 40.4 Å². The van der Waals surface area contributed by atoms with Gasteiger partial charge in [0.1, 0.15) is 17.1 Å². The molecule has 0 aliphatic heterocycles. The zero-order chi connectivity index (χ0) is 21.3. The van der Waals surface area contributed by atoms with Crippen LogP contribution >= 0.6 is 15.9 Å². The highest BCUT2D eigenvalue weighted by Crippen LogP contribution is 2.37. The molecule has 0 aliphatic rings. The minimum atomic E-state index is -0.758. The van der Waals surface area contributed by atoms with Crippen LogP contribution in [0.2, 0.25) is 0 Å². The van der Waals surface area contributed by atoms with Crippen molar-refractivity contribution >= 4 is 32.7 Å². The molecular formula is C24H17BrO5.